The molecule has 0 spiro atoms. The van der Waals surface area contributed by atoms with Crippen LogP contribution in [0.3, 0.4) is 0 Å². The van der Waals surface area contributed by atoms with Crippen LogP contribution in [0.1, 0.15) is 15.9 Å². The predicted molar refractivity (Wildman–Crippen MR) is 101 cm³/mol. The van der Waals surface area contributed by atoms with Gasteiger partial charge in [-0.2, -0.15) is 0 Å². The molecule has 128 valence electrons. The molecule has 1 heterocycles. The first-order chi connectivity index (χ1) is 12.1. The van der Waals surface area contributed by atoms with Crippen molar-refractivity contribution in [3.05, 3.63) is 59.7 Å². The first-order valence-electron chi connectivity index (χ1n) is 7.86. The van der Waals surface area contributed by atoms with Crippen molar-refractivity contribution in [3.63, 3.8) is 0 Å². The highest BCUT2D eigenvalue weighted by atomic mass is 32.2. The average molecular weight is 353 g/mol. The molecule has 5 heteroatoms. The van der Waals surface area contributed by atoms with E-state index in [0.717, 1.165) is 33.0 Å². The Hall–Kier alpha value is -2.53. The number of carbonyl (C=O) groups is 1. The first kappa shape index (κ1) is 17.3. The minimum absolute atomic E-state index is 0.0729. The second kappa shape index (κ2) is 7.57. The summed E-state index contributed by atoms with van der Waals surface area (Å²) in [4.78, 5) is 17.0. The molecular formula is C20H19NO3S. The van der Waals surface area contributed by atoms with Crippen molar-refractivity contribution in [1.29, 1.82) is 0 Å². The quantitative estimate of drug-likeness (QED) is 0.481. The lowest BCUT2D eigenvalue weighted by Crippen LogP contribution is -2.03. The number of benzene rings is 2. The number of hydrogen-bond donors (Lipinski definition) is 0. The molecule has 0 amide bonds. The molecule has 0 bridgehead atoms. The fourth-order valence-electron chi connectivity index (χ4n) is 2.51. The molecule has 3 rings (SSSR count). The van der Waals surface area contributed by atoms with Crippen LogP contribution >= 0.6 is 11.8 Å². The topological polar surface area (TPSA) is 48.4 Å². The van der Waals surface area contributed by atoms with Gasteiger partial charge < -0.3 is 9.47 Å². The van der Waals surface area contributed by atoms with Crippen LogP contribution in [0.25, 0.3) is 10.9 Å². The minimum Gasteiger partial charge on any atom is -0.497 e. The van der Waals surface area contributed by atoms with E-state index in [9.17, 15) is 4.79 Å². The van der Waals surface area contributed by atoms with E-state index < -0.39 is 0 Å². The first-order valence-corrected chi connectivity index (χ1v) is 8.84. The summed E-state index contributed by atoms with van der Waals surface area (Å²) in [5.41, 5.74) is 2.62. The molecule has 0 saturated carbocycles. The van der Waals surface area contributed by atoms with Gasteiger partial charge in [-0.15, -0.1) is 0 Å². The Bertz CT molecular complexity index is 907. The normalized spacial score (nSPS) is 10.7. The molecule has 0 unspecified atom stereocenters. The highest BCUT2D eigenvalue weighted by molar-refractivity contribution is 8.00. The summed E-state index contributed by atoms with van der Waals surface area (Å²) >= 11 is 1.46. The summed E-state index contributed by atoms with van der Waals surface area (Å²) in [5.74, 6) is 1.97. The largest absolute Gasteiger partial charge is 0.497 e. The van der Waals surface area contributed by atoms with Gasteiger partial charge in [-0.25, -0.2) is 4.98 Å². The fourth-order valence-corrected chi connectivity index (χ4v) is 3.39. The summed E-state index contributed by atoms with van der Waals surface area (Å²) in [6.07, 6.45) is 0. The van der Waals surface area contributed by atoms with Crippen molar-refractivity contribution < 1.29 is 14.3 Å². The molecule has 4 nitrogen and oxygen atoms in total. The molecule has 0 aliphatic rings. The molecular weight excluding hydrogens is 334 g/mol. The Labute approximate surface area is 151 Å². The van der Waals surface area contributed by atoms with E-state index >= 15 is 0 Å². The molecule has 0 aliphatic carbocycles. The SMILES string of the molecule is COc1ccc(C(=O)CSc2nc3ccc(OC)cc3cc2C)cc1. The van der Waals surface area contributed by atoms with Crippen LogP contribution in [-0.4, -0.2) is 30.7 Å². The molecule has 0 fully saturated rings. The van der Waals surface area contributed by atoms with Crippen molar-refractivity contribution in [1.82, 2.24) is 4.98 Å². The summed E-state index contributed by atoms with van der Waals surface area (Å²) in [6.45, 7) is 2.01. The lowest BCUT2D eigenvalue weighted by molar-refractivity contribution is 0.102. The minimum atomic E-state index is 0.0729. The number of hydrogen-bond acceptors (Lipinski definition) is 5. The van der Waals surface area contributed by atoms with Crippen LogP contribution in [0.15, 0.2) is 53.6 Å². The number of nitrogens with zero attached hydrogens (tertiary/aromatic N) is 1. The number of methoxy groups -OCH3 is 2. The van der Waals surface area contributed by atoms with Crippen molar-refractivity contribution in [3.8, 4) is 11.5 Å². The molecule has 0 saturated heterocycles. The van der Waals surface area contributed by atoms with Crippen LogP contribution in [0.2, 0.25) is 0 Å². The fraction of sp³-hybridized carbons (Fsp3) is 0.200. The third kappa shape index (κ3) is 3.94. The number of pyridine rings is 1. The van der Waals surface area contributed by atoms with Crippen molar-refractivity contribution in [2.24, 2.45) is 0 Å². The zero-order valence-electron chi connectivity index (χ0n) is 14.4. The highest BCUT2D eigenvalue weighted by Crippen LogP contribution is 2.27. The maximum absolute atomic E-state index is 12.4. The van der Waals surface area contributed by atoms with E-state index in [1.54, 1.807) is 38.5 Å². The number of carbonyl (C=O) groups excluding carboxylic acids is 1. The molecule has 0 atom stereocenters. The number of Topliss-reactive ketones (excluding diaryl/α,β-unsaturated/α-hetero) is 1. The number of ketones is 1. The van der Waals surface area contributed by atoms with Gasteiger partial charge in [-0.1, -0.05) is 11.8 Å². The van der Waals surface area contributed by atoms with E-state index in [4.69, 9.17) is 9.47 Å². The monoisotopic (exact) mass is 353 g/mol. The highest BCUT2D eigenvalue weighted by Gasteiger charge is 2.10. The van der Waals surface area contributed by atoms with Gasteiger partial charge in [0.15, 0.2) is 5.78 Å². The average Bonchev–Trinajstić information content (AvgIpc) is 2.65. The van der Waals surface area contributed by atoms with Gasteiger partial charge in [0, 0.05) is 10.9 Å². The summed E-state index contributed by atoms with van der Waals surface area (Å²) < 4.78 is 10.4. The molecule has 0 N–H and O–H groups in total. The molecule has 0 radical (unpaired) electrons. The zero-order chi connectivity index (χ0) is 17.8. The Morgan fingerprint density at radius 3 is 2.36 bits per heavy atom. The van der Waals surface area contributed by atoms with E-state index in [0.29, 0.717) is 11.3 Å². The Morgan fingerprint density at radius 2 is 1.68 bits per heavy atom. The third-order valence-electron chi connectivity index (χ3n) is 3.92. The smallest absolute Gasteiger partial charge is 0.173 e. The second-order valence-electron chi connectivity index (χ2n) is 5.61. The van der Waals surface area contributed by atoms with Crippen LogP contribution in [0.4, 0.5) is 0 Å². The van der Waals surface area contributed by atoms with E-state index in [1.807, 2.05) is 25.1 Å². The number of thioether (sulfide) groups is 1. The van der Waals surface area contributed by atoms with Crippen LogP contribution < -0.4 is 9.47 Å². The van der Waals surface area contributed by atoms with Crippen molar-refractivity contribution in [2.75, 3.05) is 20.0 Å². The Kier molecular flexibility index (Phi) is 5.24. The summed E-state index contributed by atoms with van der Waals surface area (Å²) in [6, 6.07) is 15.0. The predicted octanol–water partition coefficient (Wildman–Crippen LogP) is 4.54. The van der Waals surface area contributed by atoms with Gasteiger partial charge in [0.1, 0.15) is 16.5 Å². The number of rotatable bonds is 6. The van der Waals surface area contributed by atoms with E-state index in [-0.39, 0.29) is 5.78 Å². The lowest BCUT2D eigenvalue weighted by atomic mass is 10.1. The van der Waals surface area contributed by atoms with Gasteiger partial charge in [-0.3, -0.25) is 4.79 Å². The third-order valence-corrected chi connectivity index (χ3v) is 5.01. The van der Waals surface area contributed by atoms with Gasteiger partial charge in [0.25, 0.3) is 0 Å². The Morgan fingerprint density at radius 1 is 1.00 bits per heavy atom. The number of aromatic nitrogens is 1. The van der Waals surface area contributed by atoms with Crippen molar-refractivity contribution in [2.45, 2.75) is 11.9 Å². The molecule has 3 aromatic rings. The van der Waals surface area contributed by atoms with Gasteiger partial charge >= 0.3 is 0 Å². The van der Waals surface area contributed by atoms with E-state index in [2.05, 4.69) is 11.1 Å². The summed E-state index contributed by atoms with van der Waals surface area (Å²) in [5, 5.41) is 1.90. The molecule has 1 aromatic heterocycles. The van der Waals surface area contributed by atoms with E-state index in [1.165, 1.54) is 11.8 Å². The van der Waals surface area contributed by atoms with Gasteiger partial charge in [-0.05, 0) is 61.0 Å². The van der Waals surface area contributed by atoms with Crippen LogP contribution in [0, 0.1) is 6.92 Å². The van der Waals surface area contributed by atoms with Crippen LogP contribution in [0.5, 0.6) is 11.5 Å². The number of ether oxygens (including phenoxy) is 2. The standard InChI is InChI=1S/C20H19NO3S/c1-13-10-15-11-17(24-3)8-9-18(15)21-20(13)25-12-19(22)14-4-6-16(23-2)7-5-14/h4-11H,12H2,1-3H3. The number of fused-ring (bicyclic) bond motifs is 1. The number of aryl methyl sites for hydroxylation is 1. The molecule has 25 heavy (non-hydrogen) atoms. The van der Waals surface area contributed by atoms with Crippen molar-refractivity contribution >= 4 is 28.4 Å². The van der Waals surface area contributed by atoms with Gasteiger partial charge in [0.2, 0.25) is 0 Å². The maximum atomic E-state index is 12.4. The lowest BCUT2D eigenvalue weighted by Gasteiger charge is -2.08. The zero-order valence-corrected chi connectivity index (χ0v) is 15.2. The maximum Gasteiger partial charge on any atom is 0.173 e. The molecule has 2 aromatic carbocycles. The summed E-state index contributed by atoms with van der Waals surface area (Å²) in [7, 11) is 3.26. The van der Waals surface area contributed by atoms with Gasteiger partial charge in [0.05, 0.1) is 25.5 Å². The Balaban J connectivity index is 1.75. The van der Waals surface area contributed by atoms with Crippen LogP contribution in [-0.2, 0) is 0 Å². The molecule has 0 aliphatic heterocycles. The second-order valence-corrected chi connectivity index (χ2v) is 6.57.